The molecule has 1 aromatic rings. The Hall–Kier alpha value is -1.03. The predicted octanol–water partition coefficient (Wildman–Crippen LogP) is 1.85. The molecule has 0 bridgehead atoms. The quantitative estimate of drug-likeness (QED) is 0.823. The van der Waals surface area contributed by atoms with Crippen molar-refractivity contribution in [3.8, 4) is 0 Å². The Bertz CT molecular complexity index is 380. The van der Waals surface area contributed by atoms with Crippen LogP contribution in [0, 0.1) is 5.92 Å². The van der Waals surface area contributed by atoms with Gasteiger partial charge in [0.15, 0.2) is 0 Å². The number of rotatable bonds is 3. The lowest BCUT2D eigenvalue weighted by Crippen LogP contribution is -2.38. The van der Waals surface area contributed by atoms with Gasteiger partial charge in [-0.1, -0.05) is 13.8 Å². The van der Waals surface area contributed by atoms with Crippen LogP contribution in [0.1, 0.15) is 44.8 Å². The second kappa shape index (κ2) is 4.87. The van der Waals surface area contributed by atoms with Crippen LogP contribution in [0.25, 0.3) is 0 Å². The van der Waals surface area contributed by atoms with Gasteiger partial charge >= 0.3 is 0 Å². The van der Waals surface area contributed by atoms with Gasteiger partial charge in [-0.2, -0.15) is 5.16 Å². The minimum absolute atomic E-state index is 0.131. The van der Waals surface area contributed by atoms with Gasteiger partial charge in [0, 0.05) is 18.0 Å². The standard InChI is InChI=1S/C12H20N2O2/c1-8(2)5-10-6-9(3-4-13-10)11-7-12(15)14-16-11/h7-10,13H,3-6H2,1-2H3,(H,14,15)/t9-,10-/m1/s1. The molecule has 0 spiro atoms. The molecule has 4 nitrogen and oxygen atoms in total. The van der Waals surface area contributed by atoms with E-state index in [4.69, 9.17) is 4.52 Å². The predicted molar refractivity (Wildman–Crippen MR) is 62.5 cm³/mol. The number of aromatic nitrogens is 1. The average Bonchev–Trinajstić information content (AvgIpc) is 2.64. The summed E-state index contributed by atoms with van der Waals surface area (Å²) in [7, 11) is 0. The molecule has 4 heteroatoms. The van der Waals surface area contributed by atoms with Crippen molar-refractivity contribution in [2.45, 2.75) is 45.1 Å². The summed E-state index contributed by atoms with van der Waals surface area (Å²) in [4.78, 5) is 11.0. The smallest absolute Gasteiger partial charge is 0.280 e. The molecule has 2 atom stereocenters. The van der Waals surface area contributed by atoms with Gasteiger partial charge in [-0.05, 0) is 31.7 Å². The maximum absolute atomic E-state index is 11.0. The van der Waals surface area contributed by atoms with E-state index < -0.39 is 0 Å². The van der Waals surface area contributed by atoms with Crippen LogP contribution in [0.15, 0.2) is 15.4 Å². The number of nitrogens with one attached hydrogen (secondary N) is 2. The molecule has 0 saturated carbocycles. The summed E-state index contributed by atoms with van der Waals surface area (Å²) in [5, 5.41) is 5.90. The zero-order chi connectivity index (χ0) is 11.5. The molecular weight excluding hydrogens is 204 g/mol. The summed E-state index contributed by atoms with van der Waals surface area (Å²) in [5.74, 6) is 1.92. The number of aromatic amines is 1. The molecule has 1 aromatic heterocycles. The van der Waals surface area contributed by atoms with E-state index in [0.717, 1.165) is 25.1 Å². The van der Waals surface area contributed by atoms with Crippen LogP contribution in [0.2, 0.25) is 0 Å². The van der Waals surface area contributed by atoms with Gasteiger partial charge in [-0.25, -0.2) is 0 Å². The largest absolute Gasteiger partial charge is 0.383 e. The zero-order valence-corrected chi connectivity index (χ0v) is 9.95. The lowest BCUT2D eigenvalue weighted by Gasteiger charge is -2.30. The molecule has 1 fully saturated rings. The summed E-state index contributed by atoms with van der Waals surface area (Å²) < 4.78 is 5.19. The third-order valence-electron chi connectivity index (χ3n) is 3.20. The molecule has 2 heterocycles. The molecule has 0 aromatic carbocycles. The fourth-order valence-corrected chi connectivity index (χ4v) is 2.51. The summed E-state index contributed by atoms with van der Waals surface area (Å²) >= 11 is 0. The molecule has 16 heavy (non-hydrogen) atoms. The number of hydrogen-bond acceptors (Lipinski definition) is 3. The van der Waals surface area contributed by atoms with Crippen LogP contribution in [0.4, 0.5) is 0 Å². The summed E-state index contributed by atoms with van der Waals surface area (Å²) in [6, 6.07) is 2.14. The Morgan fingerprint density at radius 1 is 1.56 bits per heavy atom. The van der Waals surface area contributed by atoms with Crippen LogP contribution >= 0.6 is 0 Å². The minimum atomic E-state index is -0.131. The first kappa shape index (κ1) is 11.5. The molecule has 2 rings (SSSR count). The molecule has 1 saturated heterocycles. The van der Waals surface area contributed by atoms with Crippen molar-refractivity contribution < 1.29 is 4.52 Å². The van der Waals surface area contributed by atoms with Gasteiger partial charge in [-0.15, -0.1) is 0 Å². The Morgan fingerprint density at radius 2 is 2.38 bits per heavy atom. The first-order chi connectivity index (χ1) is 7.65. The van der Waals surface area contributed by atoms with E-state index in [9.17, 15) is 4.79 Å². The van der Waals surface area contributed by atoms with Gasteiger partial charge in [0.1, 0.15) is 5.76 Å². The second-order valence-electron chi connectivity index (χ2n) is 5.12. The average molecular weight is 224 g/mol. The number of piperidine rings is 1. The van der Waals surface area contributed by atoms with Gasteiger partial charge in [-0.3, -0.25) is 4.79 Å². The Morgan fingerprint density at radius 3 is 3.00 bits per heavy atom. The maximum atomic E-state index is 11.0. The highest BCUT2D eigenvalue weighted by atomic mass is 16.5. The molecular formula is C12H20N2O2. The lowest BCUT2D eigenvalue weighted by atomic mass is 9.87. The first-order valence-corrected chi connectivity index (χ1v) is 6.07. The van der Waals surface area contributed by atoms with Crippen LogP contribution in [-0.4, -0.2) is 17.7 Å². The Labute approximate surface area is 95.4 Å². The van der Waals surface area contributed by atoms with Crippen molar-refractivity contribution in [1.82, 2.24) is 10.5 Å². The van der Waals surface area contributed by atoms with Crippen molar-refractivity contribution in [3.63, 3.8) is 0 Å². The Balaban J connectivity index is 1.99. The van der Waals surface area contributed by atoms with E-state index in [1.165, 1.54) is 6.42 Å². The van der Waals surface area contributed by atoms with E-state index in [0.29, 0.717) is 17.9 Å². The minimum Gasteiger partial charge on any atom is -0.383 e. The Kier molecular flexibility index (Phi) is 3.49. The van der Waals surface area contributed by atoms with Crippen molar-refractivity contribution in [2.75, 3.05) is 6.54 Å². The monoisotopic (exact) mass is 224 g/mol. The summed E-state index contributed by atoms with van der Waals surface area (Å²) in [6.07, 6.45) is 3.31. The van der Waals surface area contributed by atoms with Crippen LogP contribution in [0.3, 0.4) is 0 Å². The molecule has 1 aliphatic heterocycles. The highest BCUT2D eigenvalue weighted by Gasteiger charge is 2.25. The van der Waals surface area contributed by atoms with E-state index in [1.54, 1.807) is 6.07 Å². The van der Waals surface area contributed by atoms with Crippen LogP contribution in [0.5, 0.6) is 0 Å². The highest BCUT2D eigenvalue weighted by molar-refractivity contribution is 5.04. The molecule has 0 aliphatic carbocycles. The van der Waals surface area contributed by atoms with Crippen molar-refractivity contribution in [1.29, 1.82) is 0 Å². The molecule has 0 amide bonds. The van der Waals surface area contributed by atoms with Crippen molar-refractivity contribution >= 4 is 0 Å². The molecule has 1 aliphatic rings. The van der Waals surface area contributed by atoms with Crippen molar-refractivity contribution in [2.24, 2.45) is 5.92 Å². The van der Waals surface area contributed by atoms with Crippen molar-refractivity contribution in [3.05, 3.63) is 22.2 Å². The molecule has 2 N–H and O–H groups in total. The van der Waals surface area contributed by atoms with Crippen LogP contribution in [-0.2, 0) is 0 Å². The zero-order valence-electron chi connectivity index (χ0n) is 9.95. The molecule has 90 valence electrons. The van der Waals surface area contributed by atoms with Gasteiger partial charge in [0.25, 0.3) is 5.56 Å². The molecule has 0 unspecified atom stereocenters. The third kappa shape index (κ3) is 2.76. The fraction of sp³-hybridized carbons (Fsp3) is 0.750. The molecule has 0 radical (unpaired) electrons. The van der Waals surface area contributed by atoms with E-state index in [2.05, 4.69) is 24.3 Å². The van der Waals surface area contributed by atoms with Gasteiger partial charge in [0.05, 0.1) is 0 Å². The van der Waals surface area contributed by atoms with E-state index in [-0.39, 0.29) is 5.56 Å². The summed E-state index contributed by atoms with van der Waals surface area (Å²) in [5.41, 5.74) is -0.131. The van der Waals surface area contributed by atoms with E-state index in [1.807, 2.05) is 0 Å². The van der Waals surface area contributed by atoms with Gasteiger partial charge in [0.2, 0.25) is 0 Å². The van der Waals surface area contributed by atoms with E-state index >= 15 is 0 Å². The fourth-order valence-electron chi connectivity index (χ4n) is 2.51. The topological polar surface area (TPSA) is 58.0 Å². The number of H-pyrrole nitrogens is 1. The lowest BCUT2D eigenvalue weighted by molar-refractivity contribution is 0.274. The normalized spacial score (nSPS) is 26.2. The second-order valence-corrected chi connectivity index (χ2v) is 5.12. The maximum Gasteiger partial charge on any atom is 0.280 e. The SMILES string of the molecule is CC(C)C[C@@H]1C[C@H](c2cc(=O)[nH]o2)CCN1. The first-order valence-electron chi connectivity index (χ1n) is 6.07. The van der Waals surface area contributed by atoms with Gasteiger partial charge < -0.3 is 9.84 Å². The highest BCUT2D eigenvalue weighted by Crippen LogP contribution is 2.28. The van der Waals surface area contributed by atoms with Crippen LogP contribution < -0.4 is 10.9 Å². The third-order valence-corrected chi connectivity index (χ3v) is 3.20. The summed E-state index contributed by atoms with van der Waals surface area (Å²) in [6.45, 7) is 5.49. The number of hydrogen-bond donors (Lipinski definition) is 2.